The van der Waals surface area contributed by atoms with Crippen LogP contribution in [0.4, 0.5) is 5.69 Å². The van der Waals surface area contributed by atoms with E-state index in [9.17, 15) is 4.79 Å². The summed E-state index contributed by atoms with van der Waals surface area (Å²) in [5, 5.41) is 15.4. The molecule has 1 heterocycles. The molecule has 0 amide bonds. The van der Waals surface area contributed by atoms with Crippen LogP contribution in [0.2, 0.25) is 0 Å². The molecule has 1 N–H and O–H groups in total. The number of hydrazone groups is 1. The molecule has 0 saturated carbocycles. The van der Waals surface area contributed by atoms with Crippen LogP contribution in [0.25, 0.3) is 0 Å². The Bertz CT molecular complexity index is 751. The predicted octanol–water partition coefficient (Wildman–Crippen LogP) is 2.55. The molecule has 1 fully saturated rings. The van der Waals surface area contributed by atoms with Crippen molar-refractivity contribution in [3.63, 3.8) is 0 Å². The van der Waals surface area contributed by atoms with E-state index in [1.165, 1.54) is 0 Å². The zero-order valence-electron chi connectivity index (χ0n) is 14.1. The first-order chi connectivity index (χ1) is 12.2. The van der Waals surface area contributed by atoms with Gasteiger partial charge in [-0.15, -0.1) is 0 Å². The van der Waals surface area contributed by atoms with Crippen LogP contribution in [0.1, 0.15) is 15.9 Å². The van der Waals surface area contributed by atoms with Crippen molar-refractivity contribution in [1.82, 2.24) is 5.01 Å². The molecule has 2 aromatic carbocycles. The summed E-state index contributed by atoms with van der Waals surface area (Å²) in [5.74, 6) is -0.0334. The molecule has 0 atom stereocenters. The Labute approximate surface area is 146 Å². The van der Waals surface area contributed by atoms with Crippen molar-refractivity contribution in [2.75, 3.05) is 38.2 Å². The highest BCUT2D eigenvalue weighted by Gasteiger charge is 2.18. The number of hydrogen-bond donors (Lipinski definition) is 1. The molecular weight excluding hydrogens is 318 g/mol. The van der Waals surface area contributed by atoms with Crippen LogP contribution in [0.15, 0.2) is 53.6 Å². The van der Waals surface area contributed by atoms with Gasteiger partial charge in [0, 0.05) is 13.1 Å². The normalized spacial score (nSPS) is 14.8. The standard InChI is InChI=1S/C19H21N3O3/c1-25-18-5-3-2-4-17(18)21-10-12-22(13-11-21)20-14-15-6-8-16(9-7-15)19(23)24/h2-9,14H,10-13H2,1H3,(H,23,24)/b20-14-. The third-order valence-electron chi connectivity index (χ3n) is 4.21. The second kappa shape index (κ2) is 7.70. The maximum Gasteiger partial charge on any atom is 0.335 e. The number of piperazine rings is 1. The molecule has 0 aromatic heterocycles. The van der Waals surface area contributed by atoms with Gasteiger partial charge < -0.3 is 14.7 Å². The van der Waals surface area contributed by atoms with Gasteiger partial charge in [-0.2, -0.15) is 5.10 Å². The zero-order valence-corrected chi connectivity index (χ0v) is 14.1. The number of hydrogen-bond acceptors (Lipinski definition) is 5. The van der Waals surface area contributed by atoms with E-state index in [2.05, 4.69) is 16.1 Å². The third kappa shape index (κ3) is 4.09. The highest BCUT2D eigenvalue weighted by atomic mass is 16.5. The number of carbonyl (C=O) groups is 1. The summed E-state index contributed by atoms with van der Waals surface area (Å²) in [5.41, 5.74) is 2.28. The number of anilines is 1. The van der Waals surface area contributed by atoms with E-state index < -0.39 is 5.97 Å². The van der Waals surface area contributed by atoms with Crippen molar-refractivity contribution in [3.8, 4) is 5.75 Å². The summed E-state index contributed by atoms with van der Waals surface area (Å²) in [7, 11) is 1.69. The summed E-state index contributed by atoms with van der Waals surface area (Å²) < 4.78 is 5.43. The smallest absolute Gasteiger partial charge is 0.335 e. The van der Waals surface area contributed by atoms with Crippen LogP contribution >= 0.6 is 0 Å². The number of ether oxygens (including phenoxy) is 1. The van der Waals surface area contributed by atoms with E-state index in [1.54, 1.807) is 37.6 Å². The third-order valence-corrected chi connectivity index (χ3v) is 4.21. The monoisotopic (exact) mass is 339 g/mol. The van der Waals surface area contributed by atoms with Gasteiger partial charge in [0.25, 0.3) is 0 Å². The van der Waals surface area contributed by atoms with Gasteiger partial charge in [0.05, 0.1) is 37.7 Å². The molecule has 0 aliphatic carbocycles. The molecule has 2 aromatic rings. The molecule has 0 unspecified atom stereocenters. The molecular formula is C19H21N3O3. The Morgan fingerprint density at radius 2 is 1.76 bits per heavy atom. The van der Waals surface area contributed by atoms with Crippen LogP contribution in [0, 0.1) is 0 Å². The lowest BCUT2D eigenvalue weighted by Crippen LogP contribution is -2.44. The molecule has 6 heteroatoms. The minimum atomic E-state index is -0.920. The van der Waals surface area contributed by atoms with Crippen molar-refractivity contribution < 1.29 is 14.6 Å². The quantitative estimate of drug-likeness (QED) is 0.848. The lowest BCUT2D eigenvalue weighted by molar-refractivity contribution is 0.0697. The van der Waals surface area contributed by atoms with Gasteiger partial charge in [-0.25, -0.2) is 4.79 Å². The SMILES string of the molecule is COc1ccccc1N1CCN(/N=C\c2ccc(C(=O)O)cc2)CC1. The van der Waals surface area contributed by atoms with E-state index >= 15 is 0 Å². The first-order valence-corrected chi connectivity index (χ1v) is 8.17. The molecule has 0 bridgehead atoms. The number of carboxylic acid groups (broad SMARTS) is 1. The van der Waals surface area contributed by atoms with Crippen LogP contribution in [-0.4, -0.2) is 55.6 Å². The van der Waals surface area contributed by atoms with E-state index in [1.807, 2.05) is 23.2 Å². The van der Waals surface area contributed by atoms with Crippen LogP contribution < -0.4 is 9.64 Å². The second-order valence-electron chi connectivity index (χ2n) is 5.78. The van der Waals surface area contributed by atoms with Crippen molar-refractivity contribution in [1.29, 1.82) is 0 Å². The Hall–Kier alpha value is -3.02. The number of para-hydroxylation sites is 2. The van der Waals surface area contributed by atoms with Gasteiger partial charge in [0.1, 0.15) is 5.75 Å². The molecule has 3 rings (SSSR count). The number of methoxy groups -OCH3 is 1. The summed E-state index contributed by atoms with van der Waals surface area (Å²) in [6.07, 6.45) is 1.77. The molecule has 25 heavy (non-hydrogen) atoms. The van der Waals surface area contributed by atoms with Crippen molar-refractivity contribution in [2.45, 2.75) is 0 Å². The fraction of sp³-hybridized carbons (Fsp3) is 0.263. The molecule has 0 spiro atoms. The van der Waals surface area contributed by atoms with Gasteiger partial charge in [0.2, 0.25) is 0 Å². The van der Waals surface area contributed by atoms with Gasteiger partial charge >= 0.3 is 5.97 Å². The summed E-state index contributed by atoms with van der Waals surface area (Å²) in [4.78, 5) is 13.2. The second-order valence-corrected chi connectivity index (χ2v) is 5.78. The highest BCUT2D eigenvalue weighted by molar-refractivity contribution is 5.89. The summed E-state index contributed by atoms with van der Waals surface area (Å²) in [6.45, 7) is 3.38. The van der Waals surface area contributed by atoms with Crippen molar-refractivity contribution in [2.24, 2.45) is 5.10 Å². The first-order valence-electron chi connectivity index (χ1n) is 8.17. The Balaban J connectivity index is 1.58. The minimum Gasteiger partial charge on any atom is -0.495 e. The highest BCUT2D eigenvalue weighted by Crippen LogP contribution is 2.28. The first kappa shape index (κ1) is 16.8. The summed E-state index contributed by atoms with van der Waals surface area (Å²) in [6, 6.07) is 14.7. The van der Waals surface area contributed by atoms with E-state index in [0.29, 0.717) is 0 Å². The van der Waals surface area contributed by atoms with Gasteiger partial charge in [-0.1, -0.05) is 24.3 Å². The fourth-order valence-electron chi connectivity index (χ4n) is 2.80. The average Bonchev–Trinajstić information content (AvgIpc) is 2.67. The lowest BCUT2D eigenvalue weighted by Gasteiger charge is -2.35. The number of rotatable bonds is 5. The maximum absolute atomic E-state index is 10.9. The minimum absolute atomic E-state index is 0.280. The van der Waals surface area contributed by atoms with E-state index in [0.717, 1.165) is 43.2 Å². The molecule has 0 radical (unpaired) electrons. The van der Waals surface area contributed by atoms with Gasteiger partial charge in [-0.3, -0.25) is 5.01 Å². The largest absolute Gasteiger partial charge is 0.495 e. The van der Waals surface area contributed by atoms with Crippen molar-refractivity contribution in [3.05, 3.63) is 59.7 Å². The number of aromatic carboxylic acids is 1. The molecule has 130 valence electrons. The Kier molecular flexibility index (Phi) is 5.18. The summed E-state index contributed by atoms with van der Waals surface area (Å²) >= 11 is 0. The maximum atomic E-state index is 10.9. The molecule has 6 nitrogen and oxygen atoms in total. The lowest BCUT2D eigenvalue weighted by atomic mass is 10.1. The van der Waals surface area contributed by atoms with Gasteiger partial charge in [-0.05, 0) is 29.8 Å². The van der Waals surface area contributed by atoms with E-state index in [4.69, 9.17) is 9.84 Å². The number of benzene rings is 2. The van der Waals surface area contributed by atoms with E-state index in [-0.39, 0.29) is 5.56 Å². The van der Waals surface area contributed by atoms with Crippen LogP contribution in [0.5, 0.6) is 5.75 Å². The Morgan fingerprint density at radius 3 is 2.40 bits per heavy atom. The average molecular weight is 339 g/mol. The topological polar surface area (TPSA) is 65.4 Å². The van der Waals surface area contributed by atoms with Crippen LogP contribution in [0.3, 0.4) is 0 Å². The number of nitrogens with zero attached hydrogens (tertiary/aromatic N) is 3. The predicted molar refractivity (Wildman–Crippen MR) is 97.8 cm³/mol. The fourth-order valence-corrected chi connectivity index (χ4v) is 2.80. The Morgan fingerprint density at radius 1 is 1.08 bits per heavy atom. The zero-order chi connectivity index (χ0) is 17.6. The molecule has 1 aliphatic heterocycles. The van der Waals surface area contributed by atoms with Crippen molar-refractivity contribution >= 4 is 17.9 Å². The van der Waals surface area contributed by atoms with Gasteiger partial charge in [0.15, 0.2) is 0 Å². The van der Waals surface area contributed by atoms with Crippen LogP contribution in [-0.2, 0) is 0 Å². The molecule has 1 saturated heterocycles. The molecule has 1 aliphatic rings. The number of carboxylic acids is 1.